The molecule has 0 aliphatic carbocycles. The molecule has 17 heavy (non-hydrogen) atoms. The van der Waals surface area contributed by atoms with E-state index in [4.69, 9.17) is 4.74 Å². The van der Waals surface area contributed by atoms with Crippen LogP contribution in [0.1, 0.15) is 11.7 Å². The molecule has 2 N–H and O–H groups in total. The van der Waals surface area contributed by atoms with Crippen molar-refractivity contribution in [2.75, 3.05) is 12.4 Å². The quantitative estimate of drug-likeness (QED) is 0.828. The van der Waals surface area contributed by atoms with Crippen molar-refractivity contribution in [1.82, 2.24) is 15.2 Å². The maximum atomic E-state index is 11.9. The molecule has 88 valence electrons. The summed E-state index contributed by atoms with van der Waals surface area (Å²) in [6.07, 6.45) is 0.654. The molecule has 1 atom stereocenters. The fourth-order valence-corrected chi connectivity index (χ4v) is 1.47. The van der Waals surface area contributed by atoms with Crippen molar-refractivity contribution in [2.45, 2.75) is 6.10 Å². The van der Waals surface area contributed by atoms with E-state index >= 15 is 0 Å². The van der Waals surface area contributed by atoms with Gasteiger partial charge in [-0.15, -0.1) is 0 Å². The van der Waals surface area contributed by atoms with Crippen molar-refractivity contribution in [3.63, 3.8) is 0 Å². The number of anilines is 1. The number of benzene rings is 1. The molecule has 0 spiro atoms. The number of rotatable bonds is 4. The number of aromatic nitrogens is 3. The largest absolute Gasteiger partial charge is 0.367 e. The summed E-state index contributed by atoms with van der Waals surface area (Å²) in [6, 6.07) is 9.24. The van der Waals surface area contributed by atoms with E-state index in [1.165, 1.54) is 13.4 Å². The first-order chi connectivity index (χ1) is 8.31. The average Bonchev–Trinajstić information content (AvgIpc) is 2.84. The van der Waals surface area contributed by atoms with Crippen LogP contribution in [0.3, 0.4) is 0 Å². The van der Waals surface area contributed by atoms with Crippen molar-refractivity contribution in [2.24, 2.45) is 0 Å². The van der Waals surface area contributed by atoms with Crippen LogP contribution in [0.5, 0.6) is 0 Å². The lowest BCUT2D eigenvalue weighted by Crippen LogP contribution is -2.23. The molecular formula is C11H12N4O2. The Balaban J connectivity index is 2.11. The molecular weight excluding hydrogens is 220 g/mol. The van der Waals surface area contributed by atoms with Gasteiger partial charge >= 0.3 is 0 Å². The molecule has 0 unspecified atom stereocenters. The molecule has 0 saturated heterocycles. The highest BCUT2D eigenvalue weighted by atomic mass is 16.5. The lowest BCUT2D eigenvalue weighted by Gasteiger charge is -2.14. The van der Waals surface area contributed by atoms with Gasteiger partial charge in [-0.25, -0.2) is 5.10 Å². The summed E-state index contributed by atoms with van der Waals surface area (Å²) in [7, 11) is 1.48. The summed E-state index contributed by atoms with van der Waals surface area (Å²) in [5.74, 6) is 0.00318. The highest BCUT2D eigenvalue weighted by molar-refractivity contribution is 5.93. The molecule has 0 aliphatic heterocycles. The van der Waals surface area contributed by atoms with E-state index in [0.717, 1.165) is 5.56 Å². The third-order valence-electron chi connectivity index (χ3n) is 2.23. The Morgan fingerprint density at radius 1 is 1.41 bits per heavy atom. The van der Waals surface area contributed by atoms with E-state index in [2.05, 4.69) is 20.5 Å². The third kappa shape index (κ3) is 2.67. The number of carbonyl (C=O) groups is 1. The minimum absolute atomic E-state index is 0.296. The number of methoxy groups -OCH3 is 1. The van der Waals surface area contributed by atoms with Crippen LogP contribution in [0.25, 0.3) is 0 Å². The Bertz CT molecular complexity index is 469. The zero-order valence-electron chi connectivity index (χ0n) is 9.25. The molecule has 0 radical (unpaired) electrons. The van der Waals surface area contributed by atoms with Crippen LogP contribution in [0, 0.1) is 0 Å². The maximum absolute atomic E-state index is 11.9. The van der Waals surface area contributed by atoms with E-state index < -0.39 is 6.10 Å². The van der Waals surface area contributed by atoms with Gasteiger partial charge in [-0.3, -0.25) is 10.1 Å². The van der Waals surface area contributed by atoms with Crippen LogP contribution in [0.2, 0.25) is 0 Å². The average molecular weight is 232 g/mol. The number of ether oxygens (including phenoxy) is 1. The Morgan fingerprint density at radius 3 is 2.76 bits per heavy atom. The minimum atomic E-state index is -0.665. The third-order valence-corrected chi connectivity index (χ3v) is 2.23. The molecule has 2 aromatic rings. The molecule has 0 saturated carbocycles. The second-order valence-electron chi connectivity index (χ2n) is 3.35. The SMILES string of the molecule is CO[C@H](C(=O)Nc1ncn[nH]1)c1ccccc1. The van der Waals surface area contributed by atoms with Gasteiger partial charge in [-0.1, -0.05) is 30.3 Å². The van der Waals surface area contributed by atoms with E-state index in [1.54, 1.807) is 0 Å². The molecule has 2 rings (SSSR count). The first-order valence-electron chi connectivity index (χ1n) is 5.05. The van der Waals surface area contributed by atoms with Gasteiger partial charge < -0.3 is 4.74 Å². The summed E-state index contributed by atoms with van der Waals surface area (Å²) in [6.45, 7) is 0. The van der Waals surface area contributed by atoms with E-state index in [9.17, 15) is 4.79 Å². The zero-order chi connectivity index (χ0) is 12.1. The highest BCUT2D eigenvalue weighted by Gasteiger charge is 2.20. The summed E-state index contributed by atoms with van der Waals surface area (Å²) >= 11 is 0. The topological polar surface area (TPSA) is 79.9 Å². The van der Waals surface area contributed by atoms with Crippen LogP contribution in [-0.4, -0.2) is 28.2 Å². The van der Waals surface area contributed by atoms with Crippen LogP contribution in [-0.2, 0) is 9.53 Å². The second kappa shape index (κ2) is 5.22. The smallest absolute Gasteiger partial charge is 0.260 e. The van der Waals surface area contributed by atoms with Crippen LogP contribution in [0.15, 0.2) is 36.7 Å². The van der Waals surface area contributed by atoms with Gasteiger partial charge in [0.1, 0.15) is 6.33 Å². The monoisotopic (exact) mass is 232 g/mol. The normalized spacial score (nSPS) is 12.1. The lowest BCUT2D eigenvalue weighted by atomic mass is 10.1. The number of nitrogens with zero attached hydrogens (tertiary/aromatic N) is 2. The predicted octanol–water partition coefficient (Wildman–Crippen LogP) is 1.13. The fourth-order valence-electron chi connectivity index (χ4n) is 1.47. The summed E-state index contributed by atoms with van der Waals surface area (Å²) < 4.78 is 5.17. The zero-order valence-corrected chi connectivity index (χ0v) is 9.25. The first-order valence-corrected chi connectivity index (χ1v) is 5.05. The molecule has 1 heterocycles. The van der Waals surface area contributed by atoms with Gasteiger partial charge in [0, 0.05) is 7.11 Å². The number of hydrogen-bond acceptors (Lipinski definition) is 4. The lowest BCUT2D eigenvalue weighted by molar-refractivity contribution is -0.126. The van der Waals surface area contributed by atoms with Crippen LogP contribution in [0.4, 0.5) is 5.95 Å². The summed E-state index contributed by atoms with van der Waals surface area (Å²) in [4.78, 5) is 15.7. The molecule has 0 bridgehead atoms. The number of carbonyl (C=O) groups excluding carboxylic acids is 1. The van der Waals surface area contributed by atoms with Crippen molar-refractivity contribution >= 4 is 11.9 Å². The van der Waals surface area contributed by atoms with Crippen molar-refractivity contribution < 1.29 is 9.53 Å². The minimum Gasteiger partial charge on any atom is -0.367 e. The van der Waals surface area contributed by atoms with Gasteiger partial charge in [-0.05, 0) is 5.56 Å². The van der Waals surface area contributed by atoms with Crippen molar-refractivity contribution in [1.29, 1.82) is 0 Å². The number of H-pyrrole nitrogens is 1. The summed E-state index contributed by atoms with van der Waals surface area (Å²) in [5, 5.41) is 8.77. The predicted molar refractivity (Wildman–Crippen MR) is 61.2 cm³/mol. The first kappa shape index (κ1) is 11.3. The standard InChI is InChI=1S/C11H12N4O2/c1-17-9(8-5-3-2-4-6-8)10(16)14-11-12-7-13-15-11/h2-7,9H,1H3,(H2,12,13,14,15,16)/t9-/m0/s1. The van der Waals surface area contributed by atoms with Crippen LogP contribution >= 0.6 is 0 Å². The number of amides is 1. The summed E-state index contributed by atoms with van der Waals surface area (Å²) in [5.41, 5.74) is 0.784. The molecule has 1 amide bonds. The van der Waals surface area contributed by atoms with Crippen molar-refractivity contribution in [3.8, 4) is 0 Å². The molecule has 0 aliphatic rings. The van der Waals surface area contributed by atoms with E-state index in [-0.39, 0.29) is 5.91 Å². The van der Waals surface area contributed by atoms with Gasteiger partial charge in [0.2, 0.25) is 5.95 Å². The Labute approximate surface area is 98.0 Å². The van der Waals surface area contributed by atoms with E-state index in [0.29, 0.717) is 5.95 Å². The fraction of sp³-hybridized carbons (Fsp3) is 0.182. The molecule has 1 aromatic heterocycles. The van der Waals surface area contributed by atoms with Gasteiger partial charge in [0.15, 0.2) is 6.10 Å². The Morgan fingerprint density at radius 2 is 2.18 bits per heavy atom. The van der Waals surface area contributed by atoms with Gasteiger partial charge in [0.05, 0.1) is 0 Å². The number of hydrogen-bond donors (Lipinski definition) is 2. The van der Waals surface area contributed by atoms with E-state index in [1.807, 2.05) is 30.3 Å². The highest BCUT2D eigenvalue weighted by Crippen LogP contribution is 2.17. The van der Waals surface area contributed by atoms with Gasteiger partial charge in [-0.2, -0.15) is 10.1 Å². The van der Waals surface area contributed by atoms with Crippen molar-refractivity contribution in [3.05, 3.63) is 42.2 Å². The maximum Gasteiger partial charge on any atom is 0.260 e. The molecule has 1 aromatic carbocycles. The number of nitrogens with one attached hydrogen (secondary N) is 2. The molecule has 0 fully saturated rings. The second-order valence-corrected chi connectivity index (χ2v) is 3.35. The molecule has 6 nitrogen and oxygen atoms in total. The number of aromatic amines is 1. The van der Waals surface area contributed by atoms with Crippen LogP contribution < -0.4 is 5.32 Å². The Hall–Kier alpha value is -2.21. The van der Waals surface area contributed by atoms with Gasteiger partial charge in [0.25, 0.3) is 5.91 Å². The Kier molecular flexibility index (Phi) is 3.46. The molecule has 6 heteroatoms.